The largest absolute Gasteiger partial charge is 0.455 e. The lowest BCUT2D eigenvalue weighted by molar-refractivity contribution is -0.770. The Labute approximate surface area is 376 Å². The van der Waals surface area contributed by atoms with Crippen molar-refractivity contribution in [2.24, 2.45) is 7.05 Å². The maximum Gasteiger partial charge on any atom is 0.294 e. The smallest absolute Gasteiger partial charge is 0.294 e. The van der Waals surface area contributed by atoms with E-state index in [0.29, 0.717) is 11.8 Å². The molecule has 0 saturated heterocycles. The molecule has 4 nitrogen and oxygen atoms in total. The van der Waals surface area contributed by atoms with Crippen LogP contribution in [0.15, 0.2) is 138 Å². The minimum atomic E-state index is -0.172. The lowest BCUT2D eigenvalue weighted by Gasteiger charge is -2.48. The zero-order valence-corrected chi connectivity index (χ0v) is 39.3. The van der Waals surface area contributed by atoms with Crippen LogP contribution in [-0.2, 0) is 30.8 Å². The highest BCUT2D eigenvalue weighted by Gasteiger charge is 2.59. The van der Waals surface area contributed by atoms with Gasteiger partial charge in [0, 0.05) is 46.9 Å². The summed E-state index contributed by atoms with van der Waals surface area (Å²) in [6, 6.07) is 43.5. The second-order valence-electron chi connectivity index (χ2n) is 19.2. The van der Waals surface area contributed by atoms with E-state index in [1.54, 1.807) is 0 Å². The molecule has 0 bridgehead atoms. The summed E-state index contributed by atoms with van der Waals surface area (Å²) < 4.78 is 14.6. The first-order chi connectivity index (χ1) is 30.5. The Morgan fingerprint density at radius 1 is 0.683 bits per heavy atom. The molecule has 0 amide bonds. The van der Waals surface area contributed by atoms with Crippen molar-refractivity contribution < 1.29 is 13.6 Å². The van der Waals surface area contributed by atoms with Crippen LogP contribution in [0.4, 0.5) is 0 Å². The Bertz CT molecular complexity index is 2900. The lowest BCUT2D eigenvalue weighted by Crippen LogP contribution is -2.69. The first kappa shape index (κ1) is 42.6. The van der Waals surface area contributed by atoms with E-state index in [0.717, 1.165) is 49.7 Å². The zero-order chi connectivity index (χ0) is 44.0. The molecule has 1 aliphatic rings. The summed E-state index contributed by atoms with van der Waals surface area (Å²) in [6.07, 6.45) is 15.5. The van der Waals surface area contributed by atoms with Gasteiger partial charge in [-0.25, -0.2) is 4.57 Å². The predicted octanol–water partition coefficient (Wildman–Crippen LogP) is 14.9. The van der Waals surface area contributed by atoms with Gasteiger partial charge in [-0.2, -0.15) is 9.13 Å². The fourth-order valence-electron chi connectivity index (χ4n) is 11.5. The molecule has 322 valence electrons. The van der Waals surface area contributed by atoms with Gasteiger partial charge in [-0.1, -0.05) is 146 Å². The maximum atomic E-state index is 7.08. The van der Waals surface area contributed by atoms with Crippen LogP contribution in [0.3, 0.4) is 0 Å². The van der Waals surface area contributed by atoms with Gasteiger partial charge >= 0.3 is 0 Å². The van der Waals surface area contributed by atoms with Crippen LogP contribution >= 0.6 is 0 Å². The molecule has 63 heavy (non-hydrogen) atoms. The molecule has 0 radical (unpaired) electrons. The first-order valence-electron chi connectivity index (χ1n) is 23.9. The molecule has 8 aromatic rings. The molecule has 9 rings (SSSR count). The minimum absolute atomic E-state index is 0.156. The van der Waals surface area contributed by atoms with Crippen LogP contribution in [0.2, 0.25) is 0 Å². The molecule has 0 spiro atoms. The molecule has 3 aromatic heterocycles. The fourth-order valence-corrected chi connectivity index (χ4v) is 11.5. The molecule has 4 heteroatoms. The molecule has 1 aliphatic heterocycles. The standard InChI is InChI=1S/C59H67N3O/c1-10-13-21-42-29-30-49-50-31-32-51-54(56(50)63-53(49)38-42)52-39-45(43-22-15-14-16-23-43)33-35-62(52)59(12-3,58(51,8)11-2)34-20-25-44-24-17-18-26-48(44)57-60(9)36-37-61(57)55-46(40(4)5)27-19-28-47(55)41(6)7/h14-19,22-24,26-33,35-41H,10-13,20-21,25,34H2,1-9H3/q+2. The summed E-state index contributed by atoms with van der Waals surface area (Å²) in [5.74, 6) is 2.05. The number of hydrogen-bond acceptors (Lipinski definition) is 1. The summed E-state index contributed by atoms with van der Waals surface area (Å²) >= 11 is 0. The summed E-state index contributed by atoms with van der Waals surface area (Å²) in [7, 11) is 2.20. The molecule has 2 unspecified atom stereocenters. The van der Waals surface area contributed by atoms with E-state index in [9.17, 15) is 0 Å². The van der Waals surface area contributed by atoms with Crippen molar-refractivity contribution in [2.75, 3.05) is 0 Å². The van der Waals surface area contributed by atoms with Gasteiger partial charge in [0.05, 0.1) is 23.6 Å². The van der Waals surface area contributed by atoms with Crippen LogP contribution < -0.4 is 9.13 Å². The van der Waals surface area contributed by atoms with Crippen LogP contribution in [0.25, 0.3) is 61.4 Å². The van der Waals surface area contributed by atoms with Crippen LogP contribution in [0, 0.1) is 0 Å². The number of imidazole rings is 1. The Kier molecular flexibility index (Phi) is 11.5. The van der Waals surface area contributed by atoms with E-state index in [1.807, 2.05) is 0 Å². The number of fused-ring (bicyclic) bond motifs is 7. The molecule has 5 aromatic carbocycles. The van der Waals surface area contributed by atoms with Crippen molar-refractivity contribution in [1.29, 1.82) is 0 Å². The van der Waals surface area contributed by atoms with E-state index in [1.165, 1.54) is 90.9 Å². The number of furan rings is 1. The molecule has 4 heterocycles. The van der Waals surface area contributed by atoms with Gasteiger partial charge in [0.2, 0.25) is 5.69 Å². The first-order valence-corrected chi connectivity index (χ1v) is 23.9. The molecule has 2 atom stereocenters. The number of pyridine rings is 1. The highest BCUT2D eigenvalue weighted by atomic mass is 16.3. The van der Waals surface area contributed by atoms with Crippen molar-refractivity contribution in [2.45, 2.75) is 130 Å². The van der Waals surface area contributed by atoms with Crippen molar-refractivity contribution in [1.82, 2.24) is 4.57 Å². The average molecular weight is 834 g/mol. The van der Waals surface area contributed by atoms with E-state index in [2.05, 4.69) is 210 Å². The predicted molar refractivity (Wildman–Crippen MR) is 263 cm³/mol. The number of benzene rings is 5. The molecular formula is C59H67N3O+2. The van der Waals surface area contributed by atoms with Crippen molar-refractivity contribution >= 4 is 21.9 Å². The average Bonchev–Trinajstić information content (AvgIpc) is 3.88. The SMILES string of the molecule is CCCCc1ccc2c(c1)oc1c3c(ccc12)C(C)(CC)C(CC)(CCCc1ccccc1-c1n(-c2c(C(C)C)cccc2C(C)C)cc[n+]1C)[n+]1ccc(-c2ccccc2)cc1-3. The van der Waals surface area contributed by atoms with Crippen molar-refractivity contribution in [3.8, 4) is 39.5 Å². The molecule has 0 N–H and O–H groups in total. The second kappa shape index (κ2) is 17.1. The summed E-state index contributed by atoms with van der Waals surface area (Å²) in [4.78, 5) is 0. The Morgan fingerprint density at radius 2 is 1.41 bits per heavy atom. The number of aromatic nitrogens is 3. The number of rotatable bonds is 14. The monoisotopic (exact) mass is 834 g/mol. The van der Waals surface area contributed by atoms with Gasteiger partial charge in [0.1, 0.15) is 29.2 Å². The van der Waals surface area contributed by atoms with Gasteiger partial charge in [0.25, 0.3) is 5.82 Å². The van der Waals surface area contributed by atoms with Gasteiger partial charge in [-0.15, -0.1) is 0 Å². The quantitative estimate of drug-likeness (QED) is 0.100. The van der Waals surface area contributed by atoms with E-state index >= 15 is 0 Å². The van der Waals surface area contributed by atoms with Crippen LogP contribution in [-0.4, -0.2) is 4.57 Å². The van der Waals surface area contributed by atoms with E-state index < -0.39 is 0 Å². The third-order valence-corrected chi connectivity index (χ3v) is 15.1. The van der Waals surface area contributed by atoms with Crippen molar-refractivity contribution in [3.05, 3.63) is 162 Å². The number of unbranched alkanes of at least 4 members (excludes halogenated alkanes) is 1. The summed E-state index contributed by atoms with van der Waals surface area (Å²) in [5.41, 5.74) is 16.2. The summed E-state index contributed by atoms with van der Waals surface area (Å²) in [5, 5.41) is 2.41. The third kappa shape index (κ3) is 7.05. The molecule has 0 fully saturated rings. The highest BCUT2D eigenvalue weighted by molar-refractivity contribution is 6.10. The van der Waals surface area contributed by atoms with E-state index in [-0.39, 0.29) is 11.0 Å². The van der Waals surface area contributed by atoms with Crippen LogP contribution in [0.1, 0.15) is 134 Å². The Balaban J connectivity index is 1.16. The number of hydrogen-bond donors (Lipinski definition) is 0. The van der Waals surface area contributed by atoms with Crippen molar-refractivity contribution in [3.63, 3.8) is 0 Å². The fraction of sp³-hybridized carbons (Fsp3) is 0.356. The number of nitrogens with zero attached hydrogens (tertiary/aromatic N) is 3. The van der Waals surface area contributed by atoms with Gasteiger partial charge < -0.3 is 4.42 Å². The zero-order valence-electron chi connectivity index (χ0n) is 39.3. The van der Waals surface area contributed by atoms with Gasteiger partial charge in [0.15, 0.2) is 11.7 Å². The third-order valence-electron chi connectivity index (χ3n) is 15.1. The van der Waals surface area contributed by atoms with E-state index in [4.69, 9.17) is 4.42 Å². The summed E-state index contributed by atoms with van der Waals surface area (Å²) in [6.45, 7) is 18.9. The Morgan fingerprint density at radius 3 is 2.13 bits per heavy atom. The number of aryl methyl sites for hydroxylation is 3. The topological polar surface area (TPSA) is 25.8 Å². The van der Waals surface area contributed by atoms with Gasteiger partial charge in [-0.3, -0.25) is 0 Å². The Hall–Kier alpha value is -5.74. The normalized spacial score (nSPS) is 17.3. The maximum absolute atomic E-state index is 7.08. The molecular weight excluding hydrogens is 767 g/mol. The lowest BCUT2D eigenvalue weighted by atomic mass is 9.58. The number of para-hydroxylation sites is 1. The second-order valence-corrected chi connectivity index (χ2v) is 19.2. The highest BCUT2D eigenvalue weighted by Crippen LogP contribution is 2.54. The minimum Gasteiger partial charge on any atom is -0.455 e. The van der Waals surface area contributed by atoms with Gasteiger partial charge in [-0.05, 0) is 90.8 Å². The molecule has 0 aliphatic carbocycles. The molecule has 0 saturated carbocycles. The van der Waals surface area contributed by atoms with Crippen LogP contribution in [0.5, 0.6) is 0 Å².